The van der Waals surface area contributed by atoms with E-state index in [1.54, 1.807) is 0 Å². The van der Waals surface area contributed by atoms with Gasteiger partial charge in [-0.25, -0.2) is 12.8 Å². The van der Waals surface area contributed by atoms with E-state index >= 15 is 0 Å². The number of hydrogen-bond donors (Lipinski definition) is 1. The average molecular weight is 381 g/mol. The molecule has 0 unspecified atom stereocenters. The zero-order valence-corrected chi connectivity index (χ0v) is 14.7. The van der Waals surface area contributed by atoms with Crippen molar-refractivity contribution in [1.82, 2.24) is 0 Å². The van der Waals surface area contributed by atoms with Gasteiger partial charge in [-0.1, -0.05) is 12.1 Å². The van der Waals surface area contributed by atoms with Gasteiger partial charge in [-0.3, -0.25) is 19.2 Å². The first-order chi connectivity index (χ1) is 12.1. The number of non-ortho nitro benzene ring substituents is 1. The summed E-state index contributed by atoms with van der Waals surface area (Å²) in [6.07, 6.45) is 0.898. The van der Waals surface area contributed by atoms with Crippen LogP contribution >= 0.6 is 0 Å². The third-order valence-corrected chi connectivity index (χ3v) is 4.72. The molecule has 0 spiro atoms. The minimum Gasteiger partial charge on any atom is -0.324 e. The summed E-state index contributed by atoms with van der Waals surface area (Å²) in [4.78, 5) is 22.6. The van der Waals surface area contributed by atoms with Crippen molar-refractivity contribution in [2.75, 3.05) is 15.9 Å². The smallest absolute Gasteiger partial charge is 0.271 e. The van der Waals surface area contributed by atoms with Crippen LogP contribution in [-0.4, -0.2) is 31.5 Å². The molecule has 0 saturated heterocycles. The number of nitrogens with one attached hydrogen (secondary N) is 1. The number of nitrogens with zero attached hydrogens (tertiary/aromatic N) is 2. The van der Waals surface area contributed by atoms with E-state index in [9.17, 15) is 27.7 Å². The summed E-state index contributed by atoms with van der Waals surface area (Å²) in [6, 6.07) is 8.85. The number of hydrogen-bond acceptors (Lipinski definition) is 5. The van der Waals surface area contributed by atoms with Gasteiger partial charge in [-0.2, -0.15) is 0 Å². The normalized spacial score (nSPS) is 12.3. The number of halogens is 1. The fourth-order valence-electron chi connectivity index (χ4n) is 2.37. The van der Waals surface area contributed by atoms with Gasteiger partial charge in [0, 0.05) is 17.8 Å². The molecule has 10 heteroatoms. The predicted molar refractivity (Wildman–Crippen MR) is 94.9 cm³/mol. The number of rotatable bonds is 6. The second kappa shape index (κ2) is 7.48. The van der Waals surface area contributed by atoms with Crippen LogP contribution < -0.4 is 9.62 Å². The van der Waals surface area contributed by atoms with Crippen LogP contribution in [0.4, 0.5) is 21.5 Å². The quantitative estimate of drug-likeness (QED) is 0.611. The topological polar surface area (TPSA) is 110 Å². The first kappa shape index (κ1) is 19.3. The highest BCUT2D eigenvalue weighted by atomic mass is 32.2. The van der Waals surface area contributed by atoms with Gasteiger partial charge in [0.1, 0.15) is 11.9 Å². The molecule has 0 heterocycles. The van der Waals surface area contributed by atoms with Crippen molar-refractivity contribution in [2.24, 2.45) is 0 Å². The third-order valence-electron chi connectivity index (χ3n) is 3.48. The maximum atomic E-state index is 13.5. The van der Waals surface area contributed by atoms with Gasteiger partial charge < -0.3 is 5.32 Å². The molecular weight excluding hydrogens is 365 g/mol. The molecule has 2 rings (SSSR count). The van der Waals surface area contributed by atoms with E-state index in [2.05, 4.69) is 5.32 Å². The second-order valence-electron chi connectivity index (χ2n) is 5.51. The summed E-state index contributed by atoms with van der Waals surface area (Å²) in [5, 5.41) is 13.2. The van der Waals surface area contributed by atoms with Crippen LogP contribution in [0, 0.1) is 15.9 Å². The summed E-state index contributed by atoms with van der Waals surface area (Å²) in [7, 11) is -3.90. The molecule has 8 nitrogen and oxygen atoms in total. The molecule has 0 bridgehead atoms. The van der Waals surface area contributed by atoms with Crippen molar-refractivity contribution >= 4 is 33.0 Å². The van der Waals surface area contributed by atoms with Crippen molar-refractivity contribution in [1.29, 1.82) is 0 Å². The summed E-state index contributed by atoms with van der Waals surface area (Å²) in [5.74, 6) is -1.37. The SMILES string of the molecule is C[C@@H](C(=O)Nc1cccc([N+](=O)[O-])c1)N(c1cccc(F)c1)S(C)(=O)=O. The Morgan fingerprint density at radius 2 is 1.88 bits per heavy atom. The van der Waals surface area contributed by atoms with Crippen LogP contribution in [0.25, 0.3) is 0 Å². The summed E-state index contributed by atoms with van der Waals surface area (Å²) in [6.45, 7) is 1.33. The molecule has 2 aromatic carbocycles. The zero-order valence-electron chi connectivity index (χ0n) is 13.9. The molecule has 0 radical (unpaired) electrons. The molecule has 0 fully saturated rings. The van der Waals surface area contributed by atoms with Crippen LogP contribution in [0.3, 0.4) is 0 Å². The molecule has 0 aromatic heterocycles. The van der Waals surface area contributed by atoms with Crippen molar-refractivity contribution in [3.05, 3.63) is 64.5 Å². The fraction of sp³-hybridized carbons (Fsp3) is 0.188. The third kappa shape index (κ3) is 4.54. The van der Waals surface area contributed by atoms with Gasteiger partial charge in [0.05, 0.1) is 16.9 Å². The van der Waals surface area contributed by atoms with Gasteiger partial charge in [0.2, 0.25) is 15.9 Å². The Morgan fingerprint density at radius 3 is 2.46 bits per heavy atom. The minimum atomic E-state index is -3.90. The van der Waals surface area contributed by atoms with Crippen LogP contribution in [0.2, 0.25) is 0 Å². The molecular formula is C16H16FN3O5S. The Hall–Kier alpha value is -3.01. The number of anilines is 2. The Bertz CT molecular complexity index is 948. The highest BCUT2D eigenvalue weighted by Crippen LogP contribution is 2.23. The van der Waals surface area contributed by atoms with E-state index in [1.165, 1.54) is 37.3 Å². The highest BCUT2D eigenvalue weighted by Gasteiger charge is 2.29. The van der Waals surface area contributed by atoms with Crippen molar-refractivity contribution < 1.29 is 22.5 Å². The average Bonchev–Trinajstić information content (AvgIpc) is 2.53. The van der Waals surface area contributed by atoms with Gasteiger partial charge in [-0.05, 0) is 31.2 Å². The van der Waals surface area contributed by atoms with E-state index < -0.39 is 32.7 Å². The standard InChI is InChI=1S/C16H16FN3O5S/c1-11(16(21)18-13-6-4-8-15(10-13)20(22)23)19(26(2,24)25)14-7-3-5-12(17)9-14/h3-11H,1-2H3,(H,18,21)/t11-/m0/s1. The Labute approximate surface area is 149 Å². The number of benzene rings is 2. The first-order valence-electron chi connectivity index (χ1n) is 7.40. The summed E-state index contributed by atoms with van der Waals surface area (Å²) < 4.78 is 38.5. The lowest BCUT2D eigenvalue weighted by molar-refractivity contribution is -0.384. The van der Waals surface area contributed by atoms with Crippen LogP contribution in [0.5, 0.6) is 0 Å². The largest absolute Gasteiger partial charge is 0.324 e. The van der Waals surface area contributed by atoms with Crippen LogP contribution in [0.1, 0.15) is 6.92 Å². The zero-order chi connectivity index (χ0) is 19.5. The van der Waals surface area contributed by atoms with Gasteiger partial charge in [0.25, 0.3) is 5.69 Å². The Morgan fingerprint density at radius 1 is 1.23 bits per heavy atom. The molecule has 1 atom stereocenters. The lowest BCUT2D eigenvalue weighted by Gasteiger charge is -2.28. The van der Waals surface area contributed by atoms with Crippen LogP contribution in [0.15, 0.2) is 48.5 Å². The number of carbonyl (C=O) groups excluding carboxylic acids is 1. The van der Waals surface area contributed by atoms with Gasteiger partial charge in [0.15, 0.2) is 0 Å². The Balaban J connectivity index is 2.31. The number of amides is 1. The molecule has 0 aliphatic carbocycles. The summed E-state index contributed by atoms with van der Waals surface area (Å²) >= 11 is 0. The lowest BCUT2D eigenvalue weighted by Crippen LogP contribution is -2.45. The van der Waals surface area contributed by atoms with E-state index in [1.807, 2.05) is 0 Å². The number of carbonyl (C=O) groups is 1. The van der Waals surface area contributed by atoms with E-state index in [0.29, 0.717) is 0 Å². The van der Waals surface area contributed by atoms with Crippen molar-refractivity contribution in [2.45, 2.75) is 13.0 Å². The van der Waals surface area contributed by atoms with Crippen molar-refractivity contribution in [3.63, 3.8) is 0 Å². The van der Waals surface area contributed by atoms with E-state index in [4.69, 9.17) is 0 Å². The number of nitro groups is 1. The molecule has 2 aromatic rings. The predicted octanol–water partition coefficient (Wildman–Crippen LogP) is 2.53. The monoisotopic (exact) mass is 381 g/mol. The highest BCUT2D eigenvalue weighted by molar-refractivity contribution is 7.92. The molecule has 0 saturated carbocycles. The van der Waals surface area contributed by atoms with Gasteiger partial charge in [-0.15, -0.1) is 0 Å². The maximum absolute atomic E-state index is 13.5. The molecule has 1 amide bonds. The van der Waals surface area contributed by atoms with Crippen molar-refractivity contribution in [3.8, 4) is 0 Å². The molecule has 1 N–H and O–H groups in total. The summed E-state index contributed by atoms with van der Waals surface area (Å²) in [5.41, 5.74) is -0.0847. The molecule has 26 heavy (non-hydrogen) atoms. The molecule has 0 aliphatic rings. The first-order valence-corrected chi connectivity index (χ1v) is 9.24. The van der Waals surface area contributed by atoms with E-state index in [0.717, 1.165) is 28.8 Å². The minimum absolute atomic E-state index is 0.00538. The van der Waals surface area contributed by atoms with Crippen LogP contribution in [-0.2, 0) is 14.8 Å². The lowest BCUT2D eigenvalue weighted by atomic mass is 10.2. The number of nitro benzene ring substituents is 1. The molecule has 0 aliphatic heterocycles. The second-order valence-corrected chi connectivity index (χ2v) is 7.37. The fourth-order valence-corrected chi connectivity index (χ4v) is 3.53. The molecule has 138 valence electrons. The van der Waals surface area contributed by atoms with Gasteiger partial charge >= 0.3 is 0 Å². The maximum Gasteiger partial charge on any atom is 0.271 e. The Kier molecular flexibility index (Phi) is 5.56. The number of sulfonamides is 1. The van der Waals surface area contributed by atoms with E-state index in [-0.39, 0.29) is 17.1 Å².